The molecule has 2 rings (SSSR count). The van der Waals surface area contributed by atoms with Crippen molar-refractivity contribution >= 4 is 5.91 Å². The van der Waals surface area contributed by atoms with Gasteiger partial charge in [-0.1, -0.05) is 27.7 Å². The molecule has 2 aliphatic rings. The van der Waals surface area contributed by atoms with Gasteiger partial charge in [0.2, 0.25) is 5.91 Å². The first kappa shape index (κ1) is 18.7. The lowest BCUT2D eigenvalue weighted by molar-refractivity contribution is -0.148. The van der Waals surface area contributed by atoms with Crippen molar-refractivity contribution in [1.29, 1.82) is 0 Å². The van der Waals surface area contributed by atoms with E-state index >= 15 is 0 Å². The molecule has 0 aromatic rings. The molecule has 0 bridgehead atoms. The Labute approximate surface area is 141 Å². The lowest BCUT2D eigenvalue weighted by atomic mass is 9.79. The summed E-state index contributed by atoms with van der Waals surface area (Å²) < 4.78 is 5.84. The number of nitrogens with zero attached hydrogens (tertiary/aromatic N) is 2. The highest BCUT2D eigenvalue weighted by molar-refractivity contribution is 5.82. The van der Waals surface area contributed by atoms with Crippen LogP contribution in [-0.2, 0) is 9.53 Å². The summed E-state index contributed by atoms with van der Waals surface area (Å²) in [4.78, 5) is 17.6. The van der Waals surface area contributed by atoms with Gasteiger partial charge in [0, 0.05) is 32.2 Å². The number of piperidine rings is 1. The van der Waals surface area contributed by atoms with Gasteiger partial charge < -0.3 is 15.4 Å². The minimum atomic E-state index is -0.0612. The van der Waals surface area contributed by atoms with Crippen LogP contribution in [-0.4, -0.2) is 66.2 Å². The van der Waals surface area contributed by atoms with Gasteiger partial charge in [-0.05, 0) is 31.6 Å². The minimum Gasteiger partial charge on any atom is -0.373 e. The van der Waals surface area contributed by atoms with Crippen molar-refractivity contribution in [2.24, 2.45) is 17.1 Å². The van der Waals surface area contributed by atoms with Gasteiger partial charge in [0.1, 0.15) is 0 Å². The average molecular weight is 325 g/mol. The molecule has 0 radical (unpaired) electrons. The van der Waals surface area contributed by atoms with Crippen molar-refractivity contribution in [3.63, 3.8) is 0 Å². The van der Waals surface area contributed by atoms with Crippen LogP contribution in [0.25, 0.3) is 0 Å². The fraction of sp³-hybridized carbons (Fsp3) is 0.944. The highest BCUT2D eigenvalue weighted by Gasteiger charge is 2.41. The highest BCUT2D eigenvalue weighted by atomic mass is 16.5. The van der Waals surface area contributed by atoms with Gasteiger partial charge in [0.15, 0.2) is 0 Å². The Morgan fingerprint density at radius 1 is 1.22 bits per heavy atom. The molecule has 1 amide bonds. The van der Waals surface area contributed by atoms with E-state index in [0.717, 1.165) is 32.6 Å². The van der Waals surface area contributed by atoms with Crippen molar-refractivity contribution in [1.82, 2.24) is 9.80 Å². The second-order valence-electron chi connectivity index (χ2n) is 8.54. The van der Waals surface area contributed by atoms with Crippen LogP contribution in [0.3, 0.4) is 0 Å². The van der Waals surface area contributed by atoms with Crippen LogP contribution in [0.4, 0.5) is 0 Å². The molecule has 5 heteroatoms. The van der Waals surface area contributed by atoms with E-state index in [1.807, 2.05) is 4.90 Å². The molecule has 4 unspecified atom stereocenters. The van der Waals surface area contributed by atoms with Crippen LogP contribution in [0.15, 0.2) is 0 Å². The third kappa shape index (κ3) is 4.25. The second-order valence-corrected chi connectivity index (χ2v) is 8.54. The van der Waals surface area contributed by atoms with Crippen LogP contribution in [0, 0.1) is 11.3 Å². The number of hydrogen-bond acceptors (Lipinski definition) is 4. The fourth-order valence-electron chi connectivity index (χ4n) is 4.06. The molecule has 0 aliphatic carbocycles. The Hall–Kier alpha value is -0.650. The molecular formula is C18H35N3O2. The molecular weight excluding hydrogens is 290 g/mol. The Morgan fingerprint density at radius 3 is 2.26 bits per heavy atom. The monoisotopic (exact) mass is 325 g/mol. The summed E-state index contributed by atoms with van der Waals surface area (Å²) in [6.45, 7) is 16.0. The predicted molar refractivity (Wildman–Crippen MR) is 93.2 cm³/mol. The quantitative estimate of drug-likeness (QED) is 0.858. The van der Waals surface area contributed by atoms with Crippen LogP contribution in [0.2, 0.25) is 0 Å². The number of nitrogens with two attached hydrogens (primary N) is 1. The molecule has 23 heavy (non-hydrogen) atoms. The Morgan fingerprint density at radius 2 is 1.78 bits per heavy atom. The van der Waals surface area contributed by atoms with Crippen molar-refractivity contribution in [3.8, 4) is 0 Å². The summed E-state index contributed by atoms with van der Waals surface area (Å²) in [6.07, 6.45) is 1.25. The summed E-state index contributed by atoms with van der Waals surface area (Å²) in [5.41, 5.74) is 6.21. The van der Waals surface area contributed by atoms with E-state index in [4.69, 9.17) is 10.5 Å². The van der Waals surface area contributed by atoms with E-state index in [-0.39, 0.29) is 35.6 Å². The third-order valence-electron chi connectivity index (χ3n) is 5.35. The maximum absolute atomic E-state index is 13.2. The smallest absolute Gasteiger partial charge is 0.240 e. The number of likely N-dealkylation sites (tertiary alicyclic amines) is 1. The van der Waals surface area contributed by atoms with Gasteiger partial charge in [-0.3, -0.25) is 9.69 Å². The lowest BCUT2D eigenvalue weighted by Gasteiger charge is -2.47. The standard InChI is InChI=1S/C18H35N3O2/c1-12(2)16(21-9-13(3)23-14(4)10-21)17(22)20-8-7-15(19)18(5,6)11-20/h12-16H,7-11,19H2,1-6H3. The number of ether oxygens (including phenoxy) is 1. The zero-order valence-corrected chi connectivity index (χ0v) is 15.7. The Bertz CT molecular complexity index is 414. The zero-order valence-electron chi connectivity index (χ0n) is 15.7. The van der Waals surface area contributed by atoms with E-state index < -0.39 is 0 Å². The number of amides is 1. The molecule has 2 aliphatic heterocycles. The SMILES string of the molecule is CC1CN(C(C(=O)N2CCC(N)C(C)(C)C2)C(C)C)CC(C)O1. The summed E-state index contributed by atoms with van der Waals surface area (Å²) in [5, 5.41) is 0. The van der Waals surface area contributed by atoms with Gasteiger partial charge in [-0.15, -0.1) is 0 Å². The summed E-state index contributed by atoms with van der Waals surface area (Å²) in [7, 11) is 0. The lowest BCUT2D eigenvalue weighted by Crippen LogP contribution is -2.61. The molecule has 5 nitrogen and oxygen atoms in total. The maximum Gasteiger partial charge on any atom is 0.240 e. The molecule has 2 fully saturated rings. The molecule has 2 N–H and O–H groups in total. The zero-order chi connectivity index (χ0) is 17.4. The second kappa shape index (κ2) is 7.08. The van der Waals surface area contributed by atoms with Gasteiger partial charge >= 0.3 is 0 Å². The number of rotatable bonds is 3. The number of carbonyl (C=O) groups is 1. The van der Waals surface area contributed by atoms with E-state index in [9.17, 15) is 4.79 Å². The number of carbonyl (C=O) groups excluding carboxylic acids is 1. The Balaban J connectivity index is 2.13. The summed E-state index contributed by atoms with van der Waals surface area (Å²) >= 11 is 0. The number of morpholine rings is 1. The maximum atomic E-state index is 13.2. The van der Waals surface area contributed by atoms with Crippen LogP contribution < -0.4 is 5.73 Å². The van der Waals surface area contributed by atoms with E-state index in [1.54, 1.807) is 0 Å². The highest BCUT2D eigenvalue weighted by Crippen LogP contribution is 2.29. The van der Waals surface area contributed by atoms with Crippen molar-refractivity contribution < 1.29 is 9.53 Å². The first-order chi connectivity index (χ1) is 10.6. The van der Waals surface area contributed by atoms with Gasteiger partial charge in [-0.25, -0.2) is 0 Å². The van der Waals surface area contributed by atoms with Gasteiger partial charge in [0.05, 0.1) is 18.2 Å². The van der Waals surface area contributed by atoms with Crippen molar-refractivity contribution in [2.45, 2.75) is 72.3 Å². The molecule has 0 aromatic carbocycles. The molecule has 134 valence electrons. The minimum absolute atomic E-state index is 0.0129. The largest absolute Gasteiger partial charge is 0.373 e. The predicted octanol–water partition coefficient (Wildman–Crippen LogP) is 1.71. The van der Waals surface area contributed by atoms with E-state index in [0.29, 0.717) is 5.92 Å². The third-order valence-corrected chi connectivity index (χ3v) is 5.35. The molecule has 4 atom stereocenters. The topological polar surface area (TPSA) is 58.8 Å². The van der Waals surface area contributed by atoms with Crippen molar-refractivity contribution in [2.75, 3.05) is 26.2 Å². The average Bonchev–Trinajstić information content (AvgIpc) is 2.40. The van der Waals surface area contributed by atoms with Crippen LogP contribution >= 0.6 is 0 Å². The van der Waals surface area contributed by atoms with Crippen LogP contribution in [0.5, 0.6) is 0 Å². The van der Waals surface area contributed by atoms with Crippen molar-refractivity contribution in [3.05, 3.63) is 0 Å². The summed E-state index contributed by atoms with van der Waals surface area (Å²) in [6, 6.07) is 0.112. The molecule has 2 saturated heterocycles. The van der Waals surface area contributed by atoms with Crippen LogP contribution in [0.1, 0.15) is 48.0 Å². The normalized spacial score (nSPS) is 33.7. The summed E-state index contributed by atoms with van der Waals surface area (Å²) in [5.74, 6) is 0.556. The van der Waals surface area contributed by atoms with E-state index in [1.165, 1.54) is 0 Å². The fourth-order valence-corrected chi connectivity index (χ4v) is 4.06. The molecule has 0 spiro atoms. The first-order valence-corrected chi connectivity index (χ1v) is 9.05. The van der Waals surface area contributed by atoms with E-state index in [2.05, 4.69) is 46.4 Å². The van der Waals surface area contributed by atoms with Gasteiger partial charge in [0.25, 0.3) is 0 Å². The van der Waals surface area contributed by atoms with Gasteiger partial charge in [-0.2, -0.15) is 0 Å². The molecule has 0 saturated carbocycles. The number of hydrogen-bond donors (Lipinski definition) is 1. The molecule has 0 aromatic heterocycles. The molecule has 2 heterocycles. The first-order valence-electron chi connectivity index (χ1n) is 9.05. The Kier molecular flexibility index (Phi) is 5.75.